The second-order valence-electron chi connectivity index (χ2n) is 6.67. The number of rotatable bonds is 6. The molecule has 1 aliphatic rings. The Morgan fingerprint density at radius 3 is 1.07 bits per heavy atom. The van der Waals surface area contributed by atoms with E-state index in [4.69, 9.17) is 28.4 Å². The van der Waals surface area contributed by atoms with Crippen LogP contribution in [-0.2, 0) is 52.4 Å². The lowest BCUT2D eigenvalue weighted by atomic mass is 9.75. The zero-order valence-corrected chi connectivity index (χ0v) is 17.4. The maximum Gasteiger partial charge on any atom is 0.303 e. The molecule has 29 heavy (non-hydrogen) atoms. The molecule has 0 aromatic rings. The van der Waals surface area contributed by atoms with Gasteiger partial charge in [-0.15, -0.1) is 0 Å². The number of esters is 5. The summed E-state index contributed by atoms with van der Waals surface area (Å²) in [7, 11) is 1.24. The summed E-state index contributed by atoms with van der Waals surface area (Å²) in [5.74, 6) is -3.88. The second kappa shape index (κ2) is 9.68. The molecule has 0 aromatic heterocycles. The molecular formula is C18H26O11. The van der Waals surface area contributed by atoms with E-state index in [1.165, 1.54) is 14.0 Å². The van der Waals surface area contributed by atoms with Crippen molar-refractivity contribution in [1.29, 1.82) is 0 Å². The van der Waals surface area contributed by atoms with Crippen LogP contribution >= 0.6 is 0 Å². The lowest BCUT2D eigenvalue weighted by Gasteiger charge is -2.52. The molecule has 0 amide bonds. The van der Waals surface area contributed by atoms with Gasteiger partial charge in [0.15, 0.2) is 30.5 Å². The average Bonchev–Trinajstić information content (AvgIpc) is 2.56. The van der Waals surface area contributed by atoms with E-state index in [0.29, 0.717) is 0 Å². The van der Waals surface area contributed by atoms with Gasteiger partial charge in [-0.3, -0.25) is 24.0 Å². The smallest absolute Gasteiger partial charge is 0.303 e. The van der Waals surface area contributed by atoms with Crippen LogP contribution in [-0.4, -0.2) is 73.1 Å². The SMILES string of the molecule is CO[C@]1(C)C(OC(C)=O)C(OC(C)=O)[C@@H](OC(C)=O)C(OC(C)=O)C1OC(C)=O. The molecule has 11 nitrogen and oxygen atoms in total. The van der Waals surface area contributed by atoms with Crippen molar-refractivity contribution in [3.63, 3.8) is 0 Å². The molecule has 0 aliphatic heterocycles. The number of carbonyl (C=O) groups excluding carboxylic acids is 5. The van der Waals surface area contributed by atoms with E-state index in [0.717, 1.165) is 34.6 Å². The van der Waals surface area contributed by atoms with Crippen LogP contribution in [0.2, 0.25) is 0 Å². The van der Waals surface area contributed by atoms with E-state index in [2.05, 4.69) is 0 Å². The second-order valence-corrected chi connectivity index (χ2v) is 6.67. The number of carbonyl (C=O) groups is 5. The summed E-state index contributed by atoms with van der Waals surface area (Å²) >= 11 is 0. The van der Waals surface area contributed by atoms with Crippen molar-refractivity contribution in [2.45, 2.75) is 77.7 Å². The topological polar surface area (TPSA) is 141 Å². The Hall–Kier alpha value is -2.69. The maximum absolute atomic E-state index is 11.7. The number of methoxy groups -OCH3 is 1. The van der Waals surface area contributed by atoms with Gasteiger partial charge in [0.1, 0.15) is 5.60 Å². The Balaban J connectivity index is 3.69. The van der Waals surface area contributed by atoms with Gasteiger partial charge in [-0.25, -0.2) is 0 Å². The summed E-state index contributed by atoms with van der Waals surface area (Å²) in [6.07, 6.45) is -7.01. The number of ether oxygens (including phenoxy) is 6. The predicted octanol–water partition coefficient (Wildman–Crippen LogP) is 0.0636. The molecule has 0 bridgehead atoms. The number of hydrogen-bond acceptors (Lipinski definition) is 11. The molecule has 1 fully saturated rings. The predicted molar refractivity (Wildman–Crippen MR) is 93.2 cm³/mol. The molecule has 11 heteroatoms. The van der Waals surface area contributed by atoms with Crippen molar-refractivity contribution in [3.05, 3.63) is 0 Å². The van der Waals surface area contributed by atoms with Gasteiger partial charge in [-0.1, -0.05) is 0 Å². The molecule has 0 saturated heterocycles. The van der Waals surface area contributed by atoms with Gasteiger partial charge in [0, 0.05) is 41.7 Å². The monoisotopic (exact) mass is 418 g/mol. The summed E-state index contributed by atoms with van der Waals surface area (Å²) in [6.45, 7) is 6.92. The average molecular weight is 418 g/mol. The Kier molecular flexibility index (Phi) is 8.13. The molecule has 164 valence electrons. The first-order valence-corrected chi connectivity index (χ1v) is 8.74. The normalized spacial score (nSPS) is 31.2. The van der Waals surface area contributed by atoms with Crippen LogP contribution in [0.3, 0.4) is 0 Å². The van der Waals surface area contributed by atoms with E-state index in [-0.39, 0.29) is 0 Å². The van der Waals surface area contributed by atoms with Crippen molar-refractivity contribution in [1.82, 2.24) is 0 Å². The molecule has 0 radical (unpaired) electrons. The van der Waals surface area contributed by atoms with Gasteiger partial charge in [0.05, 0.1) is 0 Å². The first-order valence-electron chi connectivity index (χ1n) is 8.74. The third kappa shape index (κ3) is 5.89. The highest BCUT2D eigenvalue weighted by atomic mass is 16.7. The molecule has 1 rings (SSSR count). The molecular weight excluding hydrogens is 392 g/mol. The summed E-state index contributed by atoms with van der Waals surface area (Å²) in [5, 5.41) is 0. The zero-order valence-electron chi connectivity index (χ0n) is 17.4. The van der Waals surface area contributed by atoms with Gasteiger partial charge in [-0.2, -0.15) is 0 Å². The standard InChI is InChI=1S/C18H26O11/c1-8(19)25-13-14(26-9(2)20)16(28-11(4)22)18(6,24-7)17(29-12(5)23)15(13)27-10(3)21/h13-17H,1-7H3/t13-,14?,15?,16?,17?,18-. The van der Waals surface area contributed by atoms with Crippen LogP contribution in [0.15, 0.2) is 0 Å². The van der Waals surface area contributed by atoms with E-state index >= 15 is 0 Å². The van der Waals surface area contributed by atoms with Gasteiger partial charge >= 0.3 is 29.8 Å². The van der Waals surface area contributed by atoms with Crippen LogP contribution < -0.4 is 0 Å². The van der Waals surface area contributed by atoms with Gasteiger partial charge in [0.2, 0.25) is 0 Å². The lowest BCUT2D eigenvalue weighted by Crippen LogP contribution is -2.73. The largest absolute Gasteiger partial charge is 0.455 e. The highest BCUT2D eigenvalue weighted by Gasteiger charge is 2.65. The lowest BCUT2D eigenvalue weighted by molar-refractivity contribution is -0.286. The molecule has 4 unspecified atom stereocenters. The molecule has 0 N–H and O–H groups in total. The highest BCUT2D eigenvalue weighted by Crippen LogP contribution is 2.40. The van der Waals surface area contributed by atoms with E-state index < -0.39 is 66.0 Å². The zero-order chi connectivity index (χ0) is 22.5. The fourth-order valence-corrected chi connectivity index (χ4v) is 3.27. The molecule has 1 saturated carbocycles. The van der Waals surface area contributed by atoms with Crippen molar-refractivity contribution in [2.75, 3.05) is 7.11 Å². The Labute approximate surface area is 167 Å². The molecule has 0 spiro atoms. The third-order valence-electron chi connectivity index (χ3n) is 4.31. The van der Waals surface area contributed by atoms with Crippen molar-refractivity contribution in [3.8, 4) is 0 Å². The highest BCUT2D eigenvalue weighted by molar-refractivity contribution is 5.70. The minimum absolute atomic E-state index is 0.760. The maximum atomic E-state index is 11.7. The van der Waals surface area contributed by atoms with Gasteiger partial charge in [-0.05, 0) is 6.92 Å². The molecule has 1 aliphatic carbocycles. The van der Waals surface area contributed by atoms with Crippen LogP contribution in [0.4, 0.5) is 0 Å². The van der Waals surface area contributed by atoms with Crippen LogP contribution in [0, 0.1) is 0 Å². The summed E-state index contributed by atoms with van der Waals surface area (Å²) < 4.78 is 32.0. The molecule has 0 heterocycles. The minimum Gasteiger partial charge on any atom is -0.455 e. The third-order valence-corrected chi connectivity index (χ3v) is 4.31. The molecule has 0 aromatic carbocycles. The quantitative estimate of drug-likeness (QED) is 0.427. The fourth-order valence-electron chi connectivity index (χ4n) is 3.27. The van der Waals surface area contributed by atoms with Crippen LogP contribution in [0.5, 0.6) is 0 Å². The number of hydrogen-bond donors (Lipinski definition) is 0. The Morgan fingerprint density at radius 1 is 0.552 bits per heavy atom. The molecule has 4 atom stereocenters. The van der Waals surface area contributed by atoms with Crippen LogP contribution in [0.1, 0.15) is 41.5 Å². The fraction of sp³-hybridized carbons (Fsp3) is 0.722. The Bertz CT molecular complexity index is 627. The van der Waals surface area contributed by atoms with E-state index in [9.17, 15) is 24.0 Å². The van der Waals surface area contributed by atoms with E-state index in [1.54, 1.807) is 0 Å². The minimum atomic E-state index is -1.63. The summed E-state index contributed by atoms with van der Waals surface area (Å²) in [5.41, 5.74) is -1.63. The summed E-state index contributed by atoms with van der Waals surface area (Å²) in [4.78, 5) is 58.7. The van der Waals surface area contributed by atoms with E-state index in [1.807, 2.05) is 0 Å². The first kappa shape index (κ1) is 24.3. The van der Waals surface area contributed by atoms with Gasteiger partial charge in [0.25, 0.3) is 0 Å². The van der Waals surface area contributed by atoms with Crippen molar-refractivity contribution in [2.24, 2.45) is 0 Å². The summed E-state index contributed by atoms with van der Waals surface area (Å²) in [6, 6.07) is 0. The van der Waals surface area contributed by atoms with Crippen molar-refractivity contribution < 1.29 is 52.4 Å². The van der Waals surface area contributed by atoms with Gasteiger partial charge < -0.3 is 28.4 Å². The van der Waals surface area contributed by atoms with Crippen molar-refractivity contribution >= 4 is 29.8 Å². The first-order chi connectivity index (χ1) is 13.3. The Morgan fingerprint density at radius 2 is 0.828 bits per heavy atom. The van der Waals surface area contributed by atoms with Crippen LogP contribution in [0.25, 0.3) is 0 Å².